The van der Waals surface area contributed by atoms with E-state index in [1.54, 1.807) is 31.2 Å². The van der Waals surface area contributed by atoms with Crippen molar-refractivity contribution in [2.75, 3.05) is 17.7 Å². The van der Waals surface area contributed by atoms with Gasteiger partial charge in [-0.05, 0) is 38.1 Å². The Morgan fingerprint density at radius 2 is 1.96 bits per heavy atom. The number of rotatable bonds is 6. The van der Waals surface area contributed by atoms with Crippen LogP contribution in [-0.4, -0.2) is 47.2 Å². The summed E-state index contributed by atoms with van der Waals surface area (Å²) in [6, 6.07) is 5.86. The van der Waals surface area contributed by atoms with Crippen molar-refractivity contribution < 1.29 is 23.9 Å². The topological polar surface area (TPSA) is 102 Å². The van der Waals surface area contributed by atoms with Crippen molar-refractivity contribution in [3.63, 3.8) is 0 Å². The summed E-state index contributed by atoms with van der Waals surface area (Å²) in [4.78, 5) is 47.0. The molecule has 1 aromatic rings. The van der Waals surface area contributed by atoms with Crippen molar-refractivity contribution in [2.45, 2.75) is 31.6 Å². The van der Waals surface area contributed by atoms with E-state index in [1.807, 2.05) is 0 Å². The summed E-state index contributed by atoms with van der Waals surface area (Å²) in [6.45, 7) is 3.42. The number of nitrogens with one attached hydrogen (secondary N) is 2. The molecule has 1 saturated heterocycles. The van der Waals surface area contributed by atoms with Crippen LogP contribution in [0.4, 0.5) is 5.69 Å². The van der Waals surface area contributed by atoms with Gasteiger partial charge in [0.15, 0.2) is 5.78 Å². The molecule has 1 aliphatic heterocycles. The van der Waals surface area contributed by atoms with Gasteiger partial charge in [0.2, 0.25) is 11.8 Å². The molecule has 0 aromatic heterocycles. The van der Waals surface area contributed by atoms with Gasteiger partial charge >= 0.3 is 5.97 Å². The second-order valence-corrected chi connectivity index (χ2v) is 6.76. The van der Waals surface area contributed by atoms with Gasteiger partial charge < -0.3 is 15.4 Å². The van der Waals surface area contributed by atoms with E-state index in [0.717, 1.165) is 0 Å². The number of hydrogen-bond donors (Lipinski definition) is 2. The highest BCUT2D eigenvalue weighted by Crippen LogP contribution is 2.22. The van der Waals surface area contributed by atoms with Crippen LogP contribution in [0.1, 0.15) is 30.6 Å². The Morgan fingerprint density at radius 1 is 1.28 bits per heavy atom. The average molecular weight is 364 g/mol. The van der Waals surface area contributed by atoms with Crippen LogP contribution in [0, 0.1) is 0 Å². The molecule has 1 aliphatic rings. The van der Waals surface area contributed by atoms with Gasteiger partial charge in [0.25, 0.3) is 0 Å². The van der Waals surface area contributed by atoms with Crippen LogP contribution in [0.5, 0.6) is 0 Å². The molecule has 1 fully saturated rings. The van der Waals surface area contributed by atoms with Gasteiger partial charge in [-0.15, -0.1) is 11.8 Å². The zero-order valence-electron chi connectivity index (χ0n) is 14.0. The van der Waals surface area contributed by atoms with Crippen molar-refractivity contribution in [3.8, 4) is 0 Å². The normalized spacial score (nSPS) is 19.7. The van der Waals surface area contributed by atoms with Crippen molar-refractivity contribution >= 4 is 41.0 Å². The van der Waals surface area contributed by atoms with Gasteiger partial charge in [0, 0.05) is 23.4 Å². The fraction of sp³-hybridized carbons (Fsp3) is 0.412. The zero-order valence-corrected chi connectivity index (χ0v) is 14.9. The number of anilines is 1. The molecule has 7 nitrogen and oxygen atoms in total. The van der Waals surface area contributed by atoms with E-state index in [0.29, 0.717) is 17.0 Å². The summed E-state index contributed by atoms with van der Waals surface area (Å²) in [5.74, 6) is -0.800. The summed E-state index contributed by atoms with van der Waals surface area (Å²) >= 11 is 1.26. The van der Waals surface area contributed by atoms with Crippen molar-refractivity contribution in [2.24, 2.45) is 0 Å². The lowest BCUT2D eigenvalue weighted by molar-refractivity contribution is -0.146. The van der Waals surface area contributed by atoms with Gasteiger partial charge in [0.05, 0.1) is 11.9 Å². The third-order valence-corrected chi connectivity index (χ3v) is 4.90. The lowest BCUT2D eigenvalue weighted by Gasteiger charge is -2.27. The van der Waals surface area contributed by atoms with Crippen LogP contribution in [0.15, 0.2) is 24.3 Å². The first-order valence-electron chi connectivity index (χ1n) is 7.90. The molecule has 0 bridgehead atoms. The molecule has 0 radical (unpaired) electrons. The number of amides is 2. The van der Waals surface area contributed by atoms with Gasteiger partial charge in [-0.2, -0.15) is 0 Å². The number of benzene rings is 1. The van der Waals surface area contributed by atoms with Gasteiger partial charge in [-0.3, -0.25) is 14.4 Å². The molecule has 0 spiro atoms. The third-order valence-electron chi connectivity index (χ3n) is 3.59. The minimum absolute atomic E-state index is 0.000501. The summed E-state index contributed by atoms with van der Waals surface area (Å²) < 4.78 is 4.88. The highest BCUT2D eigenvalue weighted by Gasteiger charge is 2.34. The molecular weight excluding hydrogens is 344 g/mol. The van der Waals surface area contributed by atoms with E-state index in [-0.39, 0.29) is 30.6 Å². The predicted octanol–water partition coefficient (Wildman–Crippen LogP) is 1.38. The molecule has 1 heterocycles. The molecule has 134 valence electrons. The van der Waals surface area contributed by atoms with Crippen LogP contribution in [-0.2, 0) is 19.1 Å². The van der Waals surface area contributed by atoms with Gasteiger partial charge in [-0.25, -0.2) is 4.79 Å². The maximum Gasteiger partial charge on any atom is 0.329 e. The summed E-state index contributed by atoms with van der Waals surface area (Å²) in [5, 5.41) is 4.73. The van der Waals surface area contributed by atoms with Crippen LogP contribution in [0.2, 0.25) is 0 Å². The highest BCUT2D eigenvalue weighted by atomic mass is 32.2. The molecule has 0 unspecified atom stereocenters. The first kappa shape index (κ1) is 19.0. The number of ether oxygens (including phenoxy) is 1. The van der Waals surface area contributed by atoms with Crippen LogP contribution >= 0.6 is 11.8 Å². The Labute approximate surface area is 149 Å². The highest BCUT2D eigenvalue weighted by molar-refractivity contribution is 8.00. The molecule has 2 N–H and O–H groups in total. The van der Waals surface area contributed by atoms with Gasteiger partial charge in [0.1, 0.15) is 6.04 Å². The lowest BCUT2D eigenvalue weighted by Crippen LogP contribution is -2.51. The predicted molar refractivity (Wildman–Crippen MR) is 94.5 cm³/mol. The number of hydrogen-bond acceptors (Lipinski definition) is 6. The van der Waals surface area contributed by atoms with Crippen LogP contribution in [0.3, 0.4) is 0 Å². The van der Waals surface area contributed by atoms with E-state index in [9.17, 15) is 19.2 Å². The Balaban J connectivity index is 1.85. The Kier molecular flexibility index (Phi) is 6.58. The first-order chi connectivity index (χ1) is 11.9. The fourth-order valence-corrected chi connectivity index (χ4v) is 3.42. The second kappa shape index (κ2) is 8.66. The van der Waals surface area contributed by atoms with E-state index in [1.165, 1.54) is 18.7 Å². The van der Waals surface area contributed by atoms with Crippen molar-refractivity contribution in [3.05, 3.63) is 29.8 Å². The largest absolute Gasteiger partial charge is 0.464 e. The Morgan fingerprint density at radius 3 is 2.52 bits per heavy atom. The number of Topliss-reactive ketones (excluding diaryl/α,β-unsaturated/α-hetero) is 1. The summed E-state index contributed by atoms with van der Waals surface area (Å²) in [5.41, 5.74) is 1.12. The fourth-order valence-electron chi connectivity index (χ4n) is 2.28. The Bertz CT molecular complexity index is 674. The maximum absolute atomic E-state index is 12.1. The average Bonchev–Trinajstić information content (AvgIpc) is 2.57. The van der Waals surface area contributed by atoms with Crippen molar-refractivity contribution in [1.82, 2.24) is 5.32 Å². The molecule has 1 aromatic carbocycles. The quantitative estimate of drug-likeness (QED) is 0.584. The molecule has 0 aliphatic carbocycles. The monoisotopic (exact) mass is 364 g/mol. The lowest BCUT2D eigenvalue weighted by atomic mass is 10.1. The number of esters is 1. The molecular formula is C17H20N2O5S. The number of thioether (sulfide) groups is 1. The molecule has 8 heteroatoms. The minimum Gasteiger partial charge on any atom is -0.464 e. The van der Waals surface area contributed by atoms with E-state index in [2.05, 4.69) is 10.6 Å². The van der Waals surface area contributed by atoms with E-state index in [4.69, 9.17) is 4.74 Å². The standard InChI is InChI=1S/C17H20N2O5S/c1-3-24-17(23)13-9-25-14(16(22)19-13)8-15(21)18-12-6-4-11(5-7-12)10(2)20/h4-7,13-14H,3,8-9H2,1-2H3,(H,18,21)(H,19,22)/t13-,14+/m1/s1. The summed E-state index contributed by atoms with van der Waals surface area (Å²) in [6.07, 6.45) is 0.000501. The maximum atomic E-state index is 12.1. The molecule has 2 rings (SSSR count). The minimum atomic E-state index is -0.670. The number of carbonyl (C=O) groups is 4. The first-order valence-corrected chi connectivity index (χ1v) is 8.95. The Hall–Kier alpha value is -2.35. The van der Waals surface area contributed by atoms with Crippen LogP contribution in [0.25, 0.3) is 0 Å². The van der Waals surface area contributed by atoms with E-state index >= 15 is 0 Å². The van der Waals surface area contributed by atoms with E-state index < -0.39 is 17.3 Å². The van der Waals surface area contributed by atoms with Gasteiger partial charge in [-0.1, -0.05) is 0 Å². The van der Waals surface area contributed by atoms with Crippen molar-refractivity contribution in [1.29, 1.82) is 0 Å². The second-order valence-electron chi connectivity index (χ2n) is 5.52. The SMILES string of the molecule is CCOC(=O)[C@H]1CS[C@@H](CC(=O)Nc2ccc(C(C)=O)cc2)C(=O)N1. The summed E-state index contributed by atoms with van der Waals surface area (Å²) in [7, 11) is 0. The molecule has 25 heavy (non-hydrogen) atoms. The smallest absolute Gasteiger partial charge is 0.329 e. The van der Waals surface area contributed by atoms with Crippen LogP contribution < -0.4 is 10.6 Å². The number of ketones is 1. The third kappa shape index (κ3) is 5.32. The molecule has 2 amide bonds. The molecule has 2 atom stereocenters. The number of carbonyl (C=O) groups excluding carboxylic acids is 4. The zero-order chi connectivity index (χ0) is 18.4. The molecule has 0 saturated carbocycles.